The van der Waals surface area contributed by atoms with Gasteiger partial charge in [-0.15, -0.1) is 0 Å². The molecular formula is C25H30N4O. The summed E-state index contributed by atoms with van der Waals surface area (Å²) in [5.74, 6) is 0.0596. The van der Waals surface area contributed by atoms with Gasteiger partial charge in [0.2, 0.25) is 0 Å². The number of hydrogen-bond acceptors (Lipinski definition) is 4. The molecule has 3 aromatic rings. The third kappa shape index (κ3) is 3.89. The van der Waals surface area contributed by atoms with Crippen molar-refractivity contribution in [2.45, 2.75) is 59.4 Å². The van der Waals surface area contributed by atoms with Gasteiger partial charge >= 0.3 is 0 Å². The fraction of sp³-hybridized carbons (Fsp3) is 0.400. The molecule has 1 aliphatic heterocycles. The van der Waals surface area contributed by atoms with E-state index in [0.717, 1.165) is 53.8 Å². The monoisotopic (exact) mass is 402 g/mol. The Labute approximate surface area is 178 Å². The summed E-state index contributed by atoms with van der Waals surface area (Å²) in [6.07, 6.45) is 6.00. The number of aromatic nitrogens is 2. The van der Waals surface area contributed by atoms with Crippen LogP contribution in [0.15, 0.2) is 36.5 Å². The van der Waals surface area contributed by atoms with Crippen molar-refractivity contribution in [1.82, 2.24) is 14.9 Å². The van der Waals surface area contributed by atoms with Crippen LogP contribution >= 0.6 is 0 Å². The standard InChI is InChI=1S/C25H30N4O/c1-5-19-8-6-7-13-29(19)25(30)21-15-26-24-20(12-11-18(4)27-24)23(21)28-22-14-16(2)9-10-17(22)3/h9-12,14-15,19H,5-8,13H2,1-4H3,(H,26,27,28)/t19-/m0/s1. The third-order valence-corrected chi connectivity index (χ3v) is 6.11. The highest BCUT2D eigenvalue weighted by atomic mass is 16.2. The SMILES string of the molecule is CC[C@H]1CCCCN1C(=O)c1cnc2nc(C)ccc2c1Nc1cc(C)ccc1C. The number of benzene rings is 1. The van der Waals surface area contributed by atoms with E-state index < -0.39 is 0 Å². The van der Waals surface area contributed by atoms with Crippen LogP contribution in [0.1, 0.15) is 59.8 Å². The van der Waals surface area contributed by atoms with E-state index in [4.69, 9.17) is 0 Å². The van der Waals surface area contributed by atoms with Gasteiger partial charge in [0.25, 0.3) is 5.91 Å². The van der Waals surface area contributed by atoms with Crippen molar-refractivity contribution < 1.29 is 4.79 Å². The van der Waals surface area contributed by atoms with Crippen molar-refractivity contribution in [3.8, 4) is 0 Å². The molecule has 3 heterocycles. The largest absolute Gasteiger partial charge is 0.354 e. The van der Waals surface area contributed by atoms with E-state index in [9.17, 15) is 4.79 Å². The average Bonchev–Trinajstić information content (AvgIpc) is 2.75. The van der Waals surface area contributed by atoms with Crippen LogP contribution in [0.5, 0.6) is 0 Å². The number of amides is 1. The summed E-state index contributed by atoms with van der Waals surface area (Å²) in [5.41, 5.74) is 6.29. The minimum absolute atomic E-state index is 0.0596. The summed E-state index contributed by atoms with van der Waals surface area (Å²) < 4.78 is 0. The summed E-state index contributed by atoms with van der Waals surface area (Å²) in [7, 11) is 0. The first-order valence-electron chi connectivity index (χ1n) is 10.9. The van der Waals surface area contributed by atoms with Gasteiger partial charge in [0.1, 0.15) is 0 Å². The maximum atomic E-state index is 13.7. The van der Waals surface area contributed by atoms with Gasteiger partial charge in [0.05, 0.1) is 11.3 Å². The molecule has 4 rings (SSSR count). The Bertz CT molecular complexity index is 1090. The predicted octanol–water partition coefficient (Wildman–Crippen LogP) is 5.70. The van der Waals surface area contributed by atoms with Crippen molar-refractivity contribution in [2.75, 3.05) is 11.9 Å². The first-order chi connectivity index (χ1) is 14.5. The zero-order valence-corrected chi connectivity index (χ0v) is 18.3. The molecule has 0 radical (unpaired) electrons. The van der Waals surface area contributed by atoms with Gasteiger partial charge < -0.3 is 10.2 Å². The van der Waals surface area contributed by atoms with Gasteiger partial charge in [-0.3, -0.25) is 4.79 Å². The molecule has 0 bridgehead atoms. The minimum atomic E-state index is 0.0596. The normalized spacial score (nSPS) is 16.7. The summed E-state index contributed by atoms with van der Waals surface area (Å²) in [6, 6.07) is 10.6. The van der Waals surface area contributed by atoms with E-state index >= 15 is 0 Å². The molecule has 1 atom stereocenters. The number of pyridine rings is 2. The van der Waals surface area contributed by atoms with Gasteiger partial charge in [0, 0.05) is 35.6 Å². The Balaban J connectivity index is 1.84. The molecule has 1 aromatic carbocycles. The molecule has 5 nitrogen and oxygen atoms in total. The van der Waals surface area contributed by atoms with E-state index in [1.165, 1.54) is 12.0 Å². The smallest absolute Gasteiger partial charge is 0.257 e. The third-order valence-electron chi connectivity index (χ3n) is 6.11. The lowest BCUT2D eigenvalue weighted by Gasteiger charge is -2.35. The number of carbonyl (C=O) groups excluding carboxylic acids is 1. The molecule has 5 heteroatoms. The molecule has 1 fully saturated rings. The molecule has 0 aliphatic carbocycles. The fourth-order valence-corrected chi connectivity index (χ4v) is 4.32. The summed E-state index contributed by atoms with van der Waals surface area (Å²) in [5, 5.41) is 4.44. The average molecular weight is 403 g/mol. The number of nitrogens with zero attached hydrogens (tertiary/aromatic N) is 3. The topological polar surface area (TPSA) is 58.1 Å². The highest BCUT2D eigenvalue weighted by Gasteiger charge is 2.29. The van der Waals surface area contributed by atoms with Crippen LogP contribution in [0.3, 0.4) is 0 Å². The Morgan fingerprint density at radius 2 is 2.00 bits per heavy atom. The molecule has 0 spiro atoms. The number of fused-ring (bicyclic) bond motifs is 1. The molecule has 156 valence electrons. The van der Waals surface area contributed by atoms with Crippen LogP contribution in [0, 0.1) is 20.8 Å². The maximum absolute atomic E-state index is 13.7. The molecule has 1 N–H and O–H groups in total. The number of likely N-dealkylation sites (tertiary alicyclic amines) is 1. The molecular weight excluding hydrogens is 372 g/mol. The summed E-state index contributed by atoms with van der Waals surface area (Å²) in [4.78, 5) is 24.9. The van der Waals surface area contributed by atoms with Crippen LogP contribution in [-0.2, 0) is 0 Å². The Hall–Kier alpha value is -2.95. The molecule has 1 aliphatic rings. The second-order valence-corrected chi connectivity index (χ2v) is 8.37. The molecule has 1 saturated heterocycles. The second-order valence-electron chi connectivity index (χ2n) is 8.37. The van der Waals surface area contributed by atoms with Gasteiger partial charge in [-0.25, -0.2) is 9.97 Å². The Kier molecular flexibility index (Phi) is 5.71. The van der Waals surface area contributed by atoms with Crippen LogP contribution in [-0.4, -0.2) is 33.4 Å². The molecule has 2 aromatic heterocycles. The number of hydrogen-bond donors (Lipinski definition) is 1. The minimum Gasteiger partial charge on any atom is -0.354 e. The van der Waals surface area contributed by atoms with Crippen molar-refractivity contribution >= 4 is 28.3 Å². The van der Waals surface area contributed by atoms with E-state index in [0.29, 0.717) is 17.3 Å². The number of aryl methyl sites for hydroxylation is 3. The van der Waals surface area contributed by atoms with E-state index in [-0.39, 0.29) is 5.91 Å². The van der Waals surface area contributed by atoms with Crippen LogP contribution in [0.4, 0.5) is 11.4 Å². The Morgan fingerprint density at radius 1 is 1.17 bits per heavy atom. The van der Waals surface area contributed by atoms with Crippen LogP contribution in [0.2, 0.25) is 0 Å². The van der Waals surface area contributed by atoms with Crippen molar-refractivity contribution in [1.29, 1.82) is 0 Å². The van der Waals surface area contributed by atoms with Crippen molar-refractivity contribution in [2.24, 2.45) is 0 Å². The Morgan fingerprint density at radius 3 is 2.80 bits per heavy atom. The first kappa shape index (κ1) is 20.3. The fourth-order valence-electron chi connectivity index (χ4n) is 4.32. The lowest BCUT2D eigenvalue weighted by molar-refractivity contribution is 0.0609. The quantitative estimate of drug-likeness (QED) is 0.608. The summed E-state index contributed by atoms with van der Waals surface area (Å²) >= 11 is 0. The predicted molar refractivity (Wildman–Crippen MR) is 122 cm³/mol. The van der Waals surface area contributed by atoms with Gasteiger partial charge in [-0.05, 0) is 75.8 Å². The van der Waals surface area contributed by atoms with E-state index in [2.05, 4.69) is 54.3 Å². The molecule has 1 amide bonds. The molecule has 30 heavy (non-hydrogen) atoms. The van der Waals surface area contributed by atoms with Crippen LogP contribution < -0.4 is 5.32 Å². The summed E-state index contributed by atoms with van der Waals surface area (Å²) in [6.45, 7) is 9.08. The molecule has 0 saturated carbocycles. The molecule has 0 unspecified atom stereocenters. The highest BCUT2D eigenvalue weighted by molar-refractivity contribution is 6.07. The second kappa shape index (κ2) is 8.42. The van der Waals surface area contributed by atoms with Gasteiger partial charge in [0.15, 0.2) is 5.65 Å². The van der Waals surface area contributed by atoms with Gasteiger partial charge in [-0.2, -0.15) is 0 Å². The number of anilines is 2. The zero-order valence-electron chi connectivity index (χ0n) is 18.3. The number of carbonyl (C=O) groups is 1. The zero-order chi connectivity index (χ0) is 21.3. The number of piperidine rings is 1. The van der Waals surface area contributed by atoms with Crippen LogP contribution in [0.25, 0.3) is 11.0 Å². The van der Waals surface area contributed by atoms with Crippen molar-refractivity contribution in [3.63, 3.8) is 0 Å². The lowest BCUT2D eigenvalue weighted by atomic mass is 9.98. The number of rotatable bonds is 4. The van der Waals surface area contributed by atoms with Crippen molar-refractivity contribution in [3.05, 3.63) is 58.9 Å². The van der Waals surface area contributed by atoms with E-state index in [1.807, 2.05) is 24.0 Å². The first-order valence-corrected chi connectivity index (χ1v) is 10.9. The van der Waals surface area contributed by atoms with E-state index in [1.54, 1.807) is 6.20 Å². The number of nitrogens with one attached hydrogen (secondary N) is 1. The highest BCUT2D eigenvalue weighted by Crippen LogP contribution is 2.32. The van der Waals surface area contributed by atoms with Gasteiger partial charge in [-0.1, -0.05) is 19.1 Å². The lowest BCUT2D eigenvalue weighted by Crippen LogP contribution is -2.43. The maximum Gasteiger partial charge on any atom is 0.257 e.